The molecule has 4 fully saturated rings. The Morgan fingerprint density at radius 1 is 0.633 bits per heavy atom. The average molecular weight is 635 g/mol. The molecule has 4 unspecified atom stereocenters. The van der Waals surface area contributed by atoms with Crippen molar-refractivity contribution in [2.24, 2.45) is 29.1 Å². The maximum atomic E-state index is 2.72. The Balaban J connectivity index is 1.16. The van der Waals surface area contributed by atoms with Gasteiger partial charge in [-0.25, -0.2) is 0 Å². The van der Waals surface area contributed by atoms with Gasteiger partial charge in [-0.1, -0.05) is 93.1 Å². The number of nitrogens with zero attached hydrogens (tertiary/aromatic N) is 2. The van der Waals surface area contributed by atoms with Crippen LogP contribution in [0.1, 0.15) is 75.1 Å². The highest BCUT2D eigenvalue weighted by atomic mass is 15.2. The second-order valence-electron chi connectivity index (χ2n) is 18.0. The van der Waals surface area contributed by atoms with E-state index in [9.17, 15) is 0 Å². The number of benzene rings is 5. The summed E-state index contributed by atoms with van der Waals surface area (Å²) in [5, 5.41) is 0. The van der Waals surface area contributed by atoms with E-state index in [0.29, 0.717) is 5.41 Å². The number of aryl methyl sites for hydroxylation is 1. The average Bonchev–Trinajstić information content (AvgIpc) is 3.49. The van der Waals surface area contributed by atoms with Crippen LogP contribution in [0.2, 0.25) is 0 Å². The van der Waals surface area contributed by atoms with Crippen LogP contribution < -0.4 is 26.2 Å². The molecule has 7 aliphatic rings. The minimum absolute atomic E-state index is 0.0570. The van der Waals surface area contributed by atoms with Crippen LogP contribution in [0, 0.1) is 36.0 Å². The van der Waals surface area contributed by atoms with Crippen molar-refractivity contribution < 1.29 is 0 Å². The molecule has 3 aliphatic heterocycles. The summed E-state index contributed by atoms with van der Waals surface area (Å²) in [5.41, 5.74) is 19.3. The largest absolute Gasteiger partial charge is 0.311 e. The molecule has 3 heteroatoms. The molecule has 240 valence electrons. The molecule has 2 nitrogen and oxygen atoms in total. The van der Waals surface area contributed by atoms with Crippen LogP contribution in [0.15, 0.2) is 103 Å². The molecule has 5 aromatic rings. The number of anilines is 6. The Morgan fingerprint density at radius 3 is 2.06 bits per heavy atom. The Morgan fingerprint density at radius 2 is 1.31 bits per heavy atom. The number of rotatable bonds is 1. The molecule has 0 radical (unpaired) electrons. The molecule has 0 aromatic heterocycles. The molecule has 4 aliphatic carbocycles. The van der Waals surface area contributed by atoms with Gasteiger partial charge in [0.25, 0.3) is 6.71 Å². The lowest BCUT2D eigenvalue weighted by atomic mass is 9.31. The van der Waals surface area contributed by atoms with Gasteiger partial charge < -0.3 is 9.80 Å². The van der Waals surface area contributed by atoms with Crippen molar-refractivity contribution >= 4 is 57.2 Å². The van der Waals surface area contributed by atoms with Crippen molar-refractivity contribution in [3.63, 3.8) is 0 Å². The third-order valence-electron chi connectivity index (χ3n) is 14.8. The van der Waals surface area contributed by atoms with Gasteiger partial charge in [-0.05, 0) is 143 Å². The van der Waals surface area contributed by atoms with E-state index in [2.05, 4.69) is 141 Å². The second kappa shape index (κ2) is 8.73. The van der Waals surface area contributed by atoms with E-state index in [1.54, 1.807) is 11.1 Å². The molecule has 12 rings (SSSR count). The van der Waals surface area contributed by atoms with Crippen LogP contribution in [-0.2, 0) is 10.8 Å². The lowest BCUT2D eigenvalue weighted by molar-refractivity contribution is -0.0844. The summed E-state index contributed by atoms with van der Waals surface area (Å²) < 4.78 is 0. The number of fused-ring (bicyclic) bond motifs is 12. The standard InChI is InChI=1S/C46H43BN2/c1-27-15-18-31(19-16-27)48-37-13-8-14-38-42(37)47(34-20-17-30(24-39(34)48)44(2,3)4)35-11-7-10-33-43(35)49(38)36-12-6-5-9-32(36)46(33)40-22-28-21-29-23-41(46)45(40,25-28)26-29/h5-20,24,28-29,40-41H,21-23,25-26H2,1-4H3. The third kappa shape index (κ3) is 3.07. The van der Waals surface area contributed by atoms with Gasteiger partial charge in [0.15, 0.2) is 0 Å². The highest BCUT2D eigenvalue weighted by Crippen LogP contribution is 2.85. The minimum Gasteiger partial charge on any atom is -0.311 e. The summed E-state index contributed by atoms with van der Waals surface area (Å²) in [6, 6.07) is 40.9. The van der Waals surface area contributed by atoms with Crippen LogP contribution in [0.5, 0.6) is 0 Å². The van der Waals surface area contributed by atoms with Crippen molar-refractivity contribution in [1.82, 2.24) is 0 Å². The number of para-hydroxylation sites is 2. The first-order valence-corrected chi connectivity index (χ1v) is 19.0. The van der Waals surface area contributed by atoms with Crippen LogP contribution in [0.4, 0.5) is 34.1 Å². The highest BCUT2D eigenvalue weighted by Gasteiger charge is 2.79. The fourth-order valence-corrected chi connectivity index (χ4v) is 13.4. The van der Waals surface area contributed by atoms with Gasteiger partial charge in [-0.3, -0.25) is 0 Å². The summed E-state index contributed by atoms with van der Waals surface area (Å²) in [6.07, 6.45) is 7.34. The molecule has 2 spiro atoms. The quantitative estimate of drug-likeness (QED) is 0.166. The zero-order valence-electron chi connectivity index (χ0n) is 29.1. The van der Waals surface area contributed by atoms with Gasteiger partial charge in [0, 0.05) is 33.9 Å². The predicted molar refractivity (Wildman–Crippen MR) is 204 cm³/mol. The first kappa shape index (κ1) is 27.6. The molecule has 4 atom stereocenters. The first-order chi connectivity index (χ1) is 23.8. The summed E-state index contributed by atoms with van der Waals surface area (Å²) >= 11 is 0. The molecule has 0 saturated heterocycles. The molecule has 49 heavy (non-hydrogen) atoms. The van der Waals surface area contributed by atoms with E-state index in [1.807, 2.05) is 0 Å². The summed E-state index contributed by atoms with van der Waals surface area (Å²) in [6.45, 7) is 9.41. The van der Waals surface area contributed by atoms with Crippen LogP contribution >= 0.6 is 0 Å². The van der Waals surface area contributed by atoms with Crippen LogP contribution in [-0.4, -0.2) is 6.71 Å². The maximum absolute atomic E-state index is 2.72. The minimum atomic E-state index is 0.0570. The molecule has 0 amide bonds. The van der Waals surface area contributed by atoms with Gasteiger partial charge in [0.05, 0.1) is 5.69 Å². The number of hydrogen-bond acceptors (Lipinski definition) is 2. The van der Waals surface area contributed by atoms with Crippen molar-refractivity contribution in [3.8, 4) is 0 Å². The van der Waals surface area contributed by atoms with Crippen molar-refractivity contribution in [3.05, 3.63) is 125 Å². The molecule has 0 N–H and O–H groups in total. The van der Waals surface area contributed by atoms with Gasteiger partial charge in [-0.15, -0.1) is 0 Å². The molecule has 3 heterocycles. The summed E-state index contributed by atoms with van der Waals surface area (Å²) in [4.78, 5) is 5.28. The molecular weight excluding hydrogens is 591 g/mol. The number of hydrogen-bond donors (Lipinski definition) is 0. The summed E-state index contributed by atoms with van der Waals surface area (Å²) in [5.74, 6) is 3.43. The van der Waals surface area contributed by atoms with Crippen LogP contribution in [0.3, 0.4) is 0 Å². The molecule has 5 aromatic carbocycles. The molecular formula is C46H43BN2. The van der Waals surface area contributed by atoms with E-state index >= 15 is 0 Å². The maximum Gasteiger partial charge on any atom is 0.252 e. The lowest BCUT2D eigenvalue weighted by Gasteiger charge is -2.68. The Bertz CT molecular complexity index is 2250. The van der Waals surface area contributed by atoms with Crippen LogP contribution in [0.25, 0.3) is 0 Å². The zero-order chi connectivity index (χ0) is 32.6. The Hall–Kier alpha value is -4.24. The monoisotopic (exact) mass is 634 g/mol. The Kier molecular flexibility index (Phi) is 4.91. The van der Waals surface area contributed by atoms with E-state index in [4.69, 9.17) is 0 Å². The lowest BCUT2D eigenvalue weighted by Crippen LogP contribution is -2.67. The van der Waals surface area contributed by atoms with Gasteiger partial charge in [-0.2, -0.15) is 0 Å². The third-order valence-corrected chi connectivity index (χ3v) is 14.8. The summed E-state index contributed by atoms with van der Waals surface area (Å²) in [7, 11) is 0. The Labute approximate surface area is 291 Å². The van der Waals surface area contributed by atoms with E-state index < -0.39 is 0 Å². The van der Waals surface area contributed by atoms with Gasteiger partial charge in [0.2, 0.25) is 0 Å². The molecule has 3 bridgehead atoms. The normalized spacial score (nSPS) is 30.1. The highest BCUT2D eigenvalue weighted by molar-refractivity contribution is 7.00. The molecule has 4 saturated carbocycles. The van der Waals surface area contributed by atoms with E-state index in [-0.39, 0.29) is 17.5 Å². The second-order valence-corrected chi connectivity index (χ2v) is 18.0. The van der Waals surface area contributed by atoms with Gasteiger partial charge >= 0.3 is 0 Å². The van der Waals surface area contributed by atoms with Crippen molar-refractivity contribution in [1.29, 1.82) is 0 Å². The SMILES string of the molecule is Cc1ccc(N2c3cc(C(C)(C)C)ccc3B3c4cccc5c4N(c4ccccc4C54C5CC6CC7CC4C5(C6)C7)c4cccc2c43)cc1. The van der Waals surface area contributed by atoms with Crippen molar-refractivity contribution in [2.45, 2.75) is 70.6 Å². The van der Waals surface area contributed by atoms with Crippen molar-refractivity contribution in [2.75, 3.05) is 9.80 Å². The van der Waals surface area contributed by atoms with E-state index in [1.165, 1.54) is 93.7 Å². The fourth-order valence-electron chi connectivity index (χ4n) is 13.4. The van der Waals surface area contributed by atoms with Gasteiger partial charge in [0.1, 0.15) is 0 Å². The first-order valence-electron chi connectivity index (χ1n) is 19.0. The smallest absolute Gasteiger partial charge is 0.252 e. The fraction of sp³-hybridized carbons (Fsp3) is 0.348. The topological polar surface area (TPSA) is 6.48 Å². The van der Waals surface area contributed by atoms with E-state index in [0.717, 1.165) is 23.7 Å². The zero-order valence-corrected chi connectivity index (χ0v) is 29.1. The predicted octanol–water partition coefficient (Wildman–Crippen LogP) is 9.43.